The van der Waals surface area contributed by atoms with Crippen molar-refractivity contribution in [3.63, 3.8) is 0 Å². The van der Waals surface area contributed by atoms with Crippen LogP contribution in [0.3, 0.4) is 0 Å². The van der Waals surface area contributed by atoms with Crippen LogP contribution in [0.15, 0.2) is 34.3 Å². The standard InChI is InChI=1S/C12H13N3O2S2/c1-15-11(8-3-5-9(18-2)6-4-8)13-14-12(15)19-7-10(16)17/h3-6H,7H2,1-2H3,(H,16,17). The van der Waals surface area contributed by atoms with Gasteiger partial charge in [-0.2, -0.15) is 0 Å². The molecule has 19 heavy (non-hydrogen) atoms. The predicted molar refractivity (Wildman–Crippen MR) is 76.6 cm³/mol. The van der Waals surface area contributed by atoms with Gasteiger partial charge in [-0.05, 0) is 18.4 Å². The molecule has 0 unspecified atom stereocenters. The van der Waals surface area contributed by atoms with Gasteiger partial charge in [-0.3, -0.25) is 4.79 Å². The Hall–Kier alpha value is -1.47. The van der Waals surface area contributed by atoms with Crippen molar-refractivity contribution in [3.8, 4) is 11.4 Å². The Morgan fingerprint density at radius 3 is 2.58 bits per heavy atom. The van der Waals surface area contributed by atoms with E-state index in [2.05, 4.69) is 10.2 Å². The molecule has 0 aliphatic carbocycles. The largest absolute Gasteiger partial charge is 0.481 e. The second-order valence-corrected chi connectivity index (χ2v) is 5.60. The van der Waals surface area contributed by atoms with Crippen LogP contribution in [0.4, 0.5) is 0 Å². The summed E-state index contributed by atoms with van der Waals surface area (Å²) in [6.07, 6.45) is 2.03. The van der Waals surface area contributed by atoms with Crippen LogP contribution in [0.5, 0.6) is 0 Å². The molecule has 1 aromatic carbocycles. The number of carboxylic acids is 1. The monoisotopic (exact) mass is 295 g/mol. The number of carbonyl (C=O) groups is 1. The molecule has 0 saturated carbocycles. The fourth-order valence-corrected chi connectivity index (χ4v) is 2.60. The van der Waals surface area contributed by atoms with E-state index in [1.807, 2.05) is 42.1 Å². The fourth-order valence-electron chi connectivity index (χ4n) is 1.56. The number of nitrogens with zero attached hydrogens (tertiary/aromatic N) is 3. The molecular formula is C12H13N3O2S2. The Bertz CT molecular complexity index is 581. The van der Waals surface area contributed by atoms with Crippen molar-refractivity contribution in [1.29, 1.82) is 0 Å². The Labute approximate surface area is 119 Å². The van der Waals surface area contributed by atoms with E-state index in [9.17, 15) is 4.79 Å². The first-order valence-electron chi connectivity index (χ1n) is 5.50. The number of hydrogen-bond donors (Lipinski definition) is 1. The molecule has 0 radical (unpaired) electrons. The van der Waals surface area contributed by atoms with Crippen molar-refractivity contribution in [3.05, 3.63) is 24.3 Å². The summed E-state index contributed by atoms with van der Waals surface area (Å²) in [5, 5.41) is 17.4. The summed E-state index contributed by atoms with van der Waals surface area (Å²) in [5.74, 6) is -0.142. The van der Waals surface area contributed by atoms with Crippen LogP contribution >= 0.6 is 23.5 Å². The van der Waals surface area contributed by atoms with Gasteiger partial charge < -0.3 is 9.67 Å². The van der Waals surface area contributed by atoms with E-state index < -0.39 is 5.97 Å². The minimum absolute atomic E-state index is 0.0165. The molecular weight excluding hydrogens is 282 g/mol. The van der Waals surface area contributed by atoms with Crippen LogP contribution in [-0.2, 0) is 11.8 Å². The maximum absolute atomic E-state index is 10.6. The van der Waals surface area contributed by atoms with Gasteiger partial charge in [0.2, 0.25) is 0 Å². The predicted octanol–water partition coefficient (Wildman–Crippen LogP) is 2.38. The number of aromatic nitrogens is 3. The first-order valence-corrected chi connectivity index (χ1v) is 7.71. The first-order chi connectivity index (χ1) is 9.11. The highest BCUT2D eigenvalue weighted by Crippen LogP contribution is 2.24. The maximum atomic E-state index is 10.6. The number of hydrogen-bond acceptors (Lipinski definition) is 5. The van der Waals surface area contributed by atoms with Crippen molar-refractivity contribution in [2.24, 2.45) is 7.05 Å². The van der Waals surface area contributed by atoms with Crippen molar-refractivity contribution < 1.29 is 9.90 Å². The summed E-state index contributed by atoms with van der Waals surface area (Å²) >= 11 is 2.85. The van der Waals surface area contributed by atoms with E-state index in [1.54, 1.807) is 11.8 Å². The third-order valence-corrected chi connectivity index (χ3v) is 4.26. The van der Waals surface area contributed by atoms with Crippen LogP contribution in [0.25, 0.3) is 11.4 Å². The Morgan fingerprint density at radius 2 is 2.00 bits per heavy atom. The average molecular weight is 295 g/mol. The summed E-state index contributed by atoms with van der Waals surface area (Å²) in [6.45, 7) is 0. The smallest absolute Gasteiger partial charge is 0.313 e. The van der Waals surface area contributed by atoms with Crippen LogP contribution < -0.4 is 0 Å². The lowest BCUT2D eigenvalue weighted by Gasteiger charge is -2.03. The van der Waals surface area contributed by atoms with E-state index >= 15 is 0 Å². The zero-order chi connectivity index (χ0) is 13.8. The van der Waals surface area contributed by atoms with Gasteiger partial charge in [0.05, 0.1) is 5.75 Å². The SMILES string of the molecule is CSc1ccc(-c2nnc(SCC(=O)O)n2C)cc1. The van der Waals surface area contributed by atoms with Crippen LogP contribution in [-0.4, -0.2) is 37.8 Å². The summed E-state index contributed by atoms with van der Waals surface area (Å²) in [6, 6.07) is 8.03. The fraction of sp³-hybridized carbons (Fsp3) is 0.250. The number of benzene rings is 1. The second-order valence-electron chi connectivity index (χ2n) is 3.78. The van der Waals surface area contributed by atoms with Crippen molar-refractivity contribution >= 4 is 29.5 Å². The molecule has 1 heterocycles. The van der Waals surface area contributed by atoms with Crippen molar-refractivity contribution in [2.75, 3.05) is 12.0 Å². The van der Waals surface area contributed by atoms with Gasteiger partial charge in [-0.1, -0.05) is 23.9 Å². The van der Waals surface area contributed by atoms with E-state index in [0.29, 0.717) is 5.16 Å². The molecule has 100 valence electrons. The lowest BCUT2D eigenvalue weighted by Crippen LogP contribution is -2.00. The molecule has 0 aliphatic heterocycles. The molecule has 0 aliphatic rings. The van der Waals surface area contributed by atoms with E-state index in [-0.39, 0.29) is 5.75 Å². The lowest BCUT2D eigenvalue weighted by atomic mass is 10.2. The number of thioether (sulfide) groups is 2. The molecule has 5 nitrogen and oxygen atoms in total. The third-order valence-electron chi connectivity index (χ3n) is 2.51. The molecule has 0 amide bonds. The lowest BCUT2D eigenvalue weighted by molar-refractivity contribution is -0.133. The topological polar surface area (TPSA) is 68.0 Å². The molecule has 2 aromatic rings. The van der Waals surface area contributed by atoms with Gasteiger partial charge >= 0.3 is 5.97 Å². The highest BCUT2D eigenvalue weighted by atomic mass is 32.2. The van der Waals surface area contributed by atoms with Crippen LogP contribution in [0.1, 0.15) is 0 Å². The normalized spacial score (nSPS) is 10.6. The first kappa shape index (κ1) is 14.0. The number of rotatable bonds is 5. The van der Waals surface area contributed by atoms with Gasteiger partial charge in [-0.15, -0.1) is 22.0 Å². The van der Waals surface area contributed by atoms with E-state index in [0.717, 1.165) is 23.1 Å². The Kier molecular flexibility index (Phi) is 4.49. The quantitative estimate of drug-likeness (QED) is 0.854. The Morgan fingerprint density at radius 1 is 1.32 bits per heavy atom. The van der Waals surface area contributed by atoms with Gasteiger partial charge in [-0.25, -0.2) is 0 Å². The highest BCUT2D eigenvalue weighted by Gasteiger charge is 2.12. The number of aliphatic carboxylic acids is 1. The summed E-state index contributed by atoms with van der Waals surface area (Å²) < 4.78 is 1.81. The van der Waals surface area contributed by atoms with Crippen LogP contribution in [0, 0.1) is 0 Å². The summed E-state index contributed by atoms with van der Waals surface area (Å²) in [7, 11) is 1.84. The maximum Gasteiger partial charge on any atom is 0.313 e. The number of carboxylic acid groups (broad SMARTS) is 1. The molecule has 1 aromatic heterocycles. The third kappa shape index (κ3) is 3.30. The molecule has 2 rings (SSSR count). The van der Waals surface area contributed by atoms with Crippen molar-refractivity contribution in [2.45, 2.75) is 10.1 Å². The molecule has 1 N–H and O–H groups in total. The Balaban J connectivity index is 2.22. The molecule has 0 atom stereocenters. The van der Waals surface area contributed by atoms with Gasteiger partial charge in [0.15, 0.2) is 11.0 Å². The second kappa shape index (κ2) is 6.12. The van der Waals surface area contributed by atoms with Crippen molar-refractivity contribution in [1.82, 2.24) is 14.8 Å². The zero-order valence-electron chi connectivity index (χ0n) is 10.5. The average Bonchev–Trinajstić information content (AvgIpc) is 2.78. The van der Waals surface area contributed by atoms with Crippen LogP contribution in [0.2, 0.25) is 0 Å². The van der Waals surface area contributed by atoms with Gasteiger partial charge in [0, 0.05) is 17.5 Å². The van der Waals surface area contributed by atoms with E-state index in [4.69, 9.17) is 5.11 Å². The molecule has 0 spiro atoms. The highest BCUT2D eigenvalue weighted by molar-refractivity contribution is 7.99. The van der Waals surface area contributed by atoms with Gasteiger partial charge in [0.1, 0.15) is 0 Å². The summed E-state index contributed by atoms with van der Waals surface area (Å²) in [5.41, 5.74) is 0.968. The zero-order valence-corrected chi connectivity index (χ0v) is 12.2. The molecule has 0 bridgehead atoms. The molecule has 7 heteroatoms. The molecule has 0 saturated heterocycles. The molecule has 0 fully saturated rings. The minimum Gasteiger partial charge on any atom is -0.481 e. The van der Waals surface area contributed by atoms with Gasteiger partial charge in [0.25, 0.3) is 0 Å². The van der Waals surface area contributed by atoms with E-state index in [1.165, 1.54) is 4.90 Å². The summed E-state index contributed by atoms with van der Waals surface area (Å²) in [4.78, 5) is 11.7. The minimum atomic E-state index is -0.862.